The summed E-state index contributed by atoms with van der Waals surface area (Å²) in [6.45, 7) is 7.63. The maximum Gasteiger partial charge on any atom is 0.408 e. The molecule has 1 rings (SSSR count). The van der Waals surface area contributed by atoms with Crippen molar-refractivity contribution in [2.45, 2.75) is 45.3 Å². The first-order valence-corrected chi connectivity index (χ1v) is 5.02. The molecule has 0 radical (unpaired) electrons. The summed E-state index contributed by atoms with van der Waals surface area (Å²) in [6.07, 6.45) is 0.0347. The third-order valence-corrected chi connectivity index (χ3v) is 2.19. The fourth-order valence-corrected chi connectivity index (χ4v) is 1.38. The largest absolute Gasteiger partial charge is 0.444 e. The Balaban J connectivity index is 2.55. The molecule has 1 fully saturated rings. The second-order valence-corrected chi connectivity index (χ2v) is 4.96. The molecule has 0 saturated carbocycles. The minimum Gasteiger partial charge on any atom is -0.444 e. The molecular weight excluding hydrogens is 196 g/mol. The van der Waals surface area contributed by atoms with Crippen LogP contribution < -0.4 is 10.6 Å². The Morgan fingerprint density at radius 2 is 2.13 bits per heavy atom. The standard InChI is InChI=1S/C10H18N2O3/c1-9(2,3)15-8(14)12-10(4)5-6-11-7(10)13/h5-6H2,1-4H3,(H,11,13)(H,12,14). The van der Waals surface area contributed by atoms with Crippen LogP contribution in [0.4, 0.5) is 4.79 Å². The van der Waals surface area contributed by atoms with Gasteiger partial charge in [-0.2, -0.15) is 0 Å². The summed E-state index contributed by atoms with van der Waals surface area (Å²) in [5.74, 6) is -0.159. The molecule has 2 amide bonds. The highest BCUT2D eigenvalue weighted by Gasteiger charge is 2.39. The third-order valence-electron chi connectivity index (χ3n) is 2.19. The number of hydrogen-bond acceptors (Lipinski definition) is 3. The van der Waals surface area contributed by atoms with Crippen LogP contribution in [-0.4, -0.2) is 29.7 Å². The van der Waals surface area contributed by atoms with E-state index in [2.05, 4.69) is 10.6 Å². The summed E-state index contributed by atoms with van der Waals surface area (Å²) in [6, 6.07) is 0. The lowest BCUT2D eigenvalue weighted by Gasteiger charge is -2.26. The Morgan fingerprint density at radius 1 is 1.53 bits per heavy atom. The van der Waals surface area contributed by atoms with Gasteiger partial charge in [0.25, 0.3) is 0 Å². The monoisotopic (exact) mass is 214 g/mol. The quantitative estimate of drug-likeness (QED) is 0.678. The van der Waals surface area contributed by atoms with Crippen LogP contribution in [0.3, 0.4) is 0 Å². The van der Waals surface area contributed by atoms with Gasteiger partial charge in [0.15, 0.2) is 0 Å². The second kappa shape index (κ2) is 3.72. The molecule has 1 heterocycles. The van der Waals surface area contributed by atoms with Crippen LogP contribution in [0.5, 0.6) is 0 Å². The fraction of sp³-hybridized carbons (Fsp3) is 0.800. The average Bonchev–Trinajstić information content (AvgIpc) is 2.27. The lowest BCUT2D eigenvalue weighted by molar-refractivity contribution is -0.124. The van der Waals surface area contributed by atoms with Crippen LogP contribution in [0.15, 0.2) is 0 Å². The zero-order valence-corrected chi connectivity index (χ0v) is 9.64. The summed E-state index contributed by atoms with van der Waals surface area (Å²) in [4.78, 5) is 22.9. The van der Waals surface area contributed by atoms with Crippen LogP contribution in [0.25, 0.3) is 0 Å². The third kappa shape index (κ3) is 3.11. The van der Waals surface area contributed by atoms with Gasteiger partial charge in [-0.25, -0.2) is 4.79 Å². The minimum atomic E-state index is -0.831. The molecule has 1 atom stereocenters. The number of rotatable bonds is 1. The van der Waals surface area contributed by atoms with E-state index in [0.29, 0.717) is 13.0 Å². The van der Waals surface area contributed by atoms with Crippen molar-refractivity contribution in [1.82, 2.24) is 10.6 Å². The SMILES string of the molecule is CC(C)(C)OC(=O)NC1(C)CCNC1=O. The van der Waals surface area contributed by atoms with Crippen molar-refractivity contribution >= 4 is 12.0 Å². The van der Waals surface area contributed by atoms with E-state index in [9.17, 15) is 9.59 Å². The molecule has 0 aromatic carbocycles. The molecule has 1 saturated heterocycles. The highest BCUT2D eigenvalue weighted by Crippen LogP contribution is 2.16. The Hall–Kier alpha value is -1.26. The van der Waals surface area contributed by atoms with Crippen LogP contribution in [0.1, 0.15) is 34.1 Å². The van der Waals surface area contributed by atoms with Gasteiger partial charge in [0.1, 0.15) is 11.1 Å². The van der Waals surface area contributed by atoms with E-state index in [-0.39, 0.29) is 5.91 Å². The number of amides is 2. The molecule has 5 heteroatoms. The normalized spacial score (nSPS) is 26.0. The average molecular weight is 214 g/mol. The Bertz CT molecular complexity index is 283. The van der Waals surface area contributed by atoms with Crippen molar-refractivity contribution in [3.63, 3.8) is 0 Å². The first-order chi connectivity index (χ1) is 6.73. The van der Waals surface area contributed by atoms with Gasteiger partial charge >= 0.3 is 6.09 Å². The Morgan fingerprint density at radius 3 is 2.53 bits per heavy atom. The molecule has 5 nitrogen and oxygen atoms in total. The molecule has 2 N–H and O–H groups in total. The molecule has 0 bridgehead atoms. The molecular formula is C10H18N2O3. The smallest absolute Gasteiger partial charge is 0.408 e. The van der Waals surface area contributed by atoms with E-state index < -0.39 is 17.2 Å². The first kappa shape index (κ1) is 11.8. The number of ether oxygens (including phenoxy) is 1. The van der Waals surface area contributed by atoms with Gasteiger partial charge in [-0.15, -0.1) is 0 Å². The van der Waals surface area contributed by atoms with E-state index in [1.807, 2.05) is 0 Å². The van der Waals surface area contributed by atoms with Crippen molar-refractivity contribution in [2.24, 2.45) is 0 Å². The number of nitrogens with one attached hydrogen (secondary N) is 2. The molecule has 0 aromatic heterocycles. The summed E-state index contributed by atoms with van der Waals surface area (Å²) in [7, 11) is 0. The second-order valence-electron chi connectivity index (χ2n) is 4.96. The molecule has 0 aromatic rings. The lowest BCUT2D eigenvalue weighted by Crippen LogP contribution is -2.52. The van der Waals surface area contributed by atoms with Gasteiger partial charge in [0.05, 0.1) is 0 Å². The zero-order valence-electron chi connectivity index (χ0n) is 9.64. The molecule has 1 unspecified atom stereocenters. The zero-order chi connectivity index (χ0) is 11.7. The van der Waals surface area contributed by atoms with Crippen molar-refractivity contribution < 1.29 is 14.3 Å². The van der Waals surface area contributed by atoms with Crippen LogP contribution in [-0.2, 0) is 9.53 Å². The summed E-state index contributed by atoms with van der Waals surface area (Å²) in [5, 5.41) is 5.26. The van der Waals surface area contributed by atoms with Gasteiger partial charge in [-0.1, -0.05) is 0 Å². The minimum absolute atomic E-state index is 0.159. The van der Waals surface area contributed by atoms with Crippen molar-refractivity contribution in [1.29, 1.82) is 0 Å². The van der Waals surface area contributed by atoms with Crippen molar-refractivity contribution in [2.75, 3.05) is 6.54 Å². The molecule has 0 spiro atoms. The van der Waals surface area contributed by atoms with E-state index in [1.54, 1.807) is 27.7 Å². The molecule has 15 heavy (non-hydrogen) atoms. The van der Waals surface area contributed by atoms with E-state index in [1.165, 1.54) is 0 Å². The first-order valence-electron chi connectivity index (χ1n) is 5.02. The van der Waals surface area contributed by atoms with Crippen molar-refractivity contribution in [3.05, 3.63) is 0 Å². The van der Waals surface area contributed by atoms with Gasteiger partial charge < -0.3 is 15.4 Å². The maximum atomic E-state index is 11.5. The number of carbonyl (C=O) groups excluding carboxylic acids is 2. The molecule has 1 aliphatic rings. The van der Waals surface area contributed by atoms with Crippen LogP contribution in [0.2, 0.25) is 0 Å². The predicted molar refractivity (Wildman–Crippen MR) is 55.4 cm³/mol. The van der Waals surface area contributed by atoms with E-state index in [4.69, 9.17) is 4.74 Å². The summed E-state index contributed by atoms with van der Waals surface area (Å²) in [5.41, 5.74) is -1.38. The highest BCUT2D eigenvalue weighted by atomic mass is 16.6. The maximum absolute atomic E-state index is 11.5. The van der Waals surface area contributed by atoms with Crippen LogP contribution >= 0.6 is 0 Å². The lowest BCUT2D eigenvalue weighted by atomic mass is 10.0. The number of carbonyl (C=O) groups is 2. The fourth-order valence-electron chi connectivity index (χ4n) is 1.38. The molecule has 0 aliphatic carbocycles. The van der Waals surface area contributed by atoms with Gasteiger partial charge in [0.2, 0.25) is 5.91 Å². The molecule has 86 valence electrons. The van der Waals surface area contributed by atoms with Gasteiger partial charge in [0, 0.05) is 6.54 Å². The number of hydrogen-bond donors (Lipinski definition) is 2. The van der Waals surface area contributed by atoms with Crippen LogP contribution in [0, 0.1) is 0 Å². The Labute approximate surface area is 89.6 Å². The topological polar surface area (TPSA) is 67.4 Å². The summed E-state index contributed by atoms with van der Waals surface area (Å²) < 4.78 is 5.08. The predicted octanol–water partition coefficient (Wildman–Crippen LogP) is 0.790. The van der Waals surface area contributed by atoms with E-state index in [0.717, 1.165) is 0 Å². The number of alkyl carbamates (subject to hydrolysis) is 1. The van der Waals surface area contributed by atoms with Crippen molar-refractivity contribution in [3.8, 4) is 0 Å². The van der Waals surface area contributed by atoms with Gasteiger partial charge in [-0.05, 0) is 34.1 Å². The molecule has 1 aliphatic heterocycles. The van der Waals surface area contributed by atoms with Gasteiger partial charge in [-0.3, -0.25) is 4.79 Å². The summed E-state index contributed by atoms with van der Waals surface area (Å²) >= 11 is 0. The Kier molecular flexibility index (Phi) is 2.93. The highest BCUT2D eigenvalue weighted by molar-refractivity contribution is 5.91. The van der Waals surface area contributed by atoms with E-state index >= 15 is 0 Å².